The highest BCUT2D eigenvalue weighted by atomic mass is 79.9. The number of hydrogen-bond acceptors (Lipinski definition) is 3. The van der Waals surface area contributed by atoms with Gasteiger partial charge >= 0.3 is 12.1 Å². The minimum atomic E-state index is -4.73. The molecule has 30 heavy (non-hydrogen) atoms. The van der Waals surface area contributed by atoms with Crippen LogP contribution in [-0.4, -0.2) is 22.7 Å². The van der Waals surface area contributed by atoms with Gasteiger partial charge in [0, 0.05) is 17.1 Å². The fourth-order valence-corrected chi connectivity index (χ4v) is 3.58. The SMILES string of the molecule is CC(C)Cc1c[nH]c2ccc(Oc3c(Br)cc(OCC(=O)O)cc3C(F)(F)F)cc12. The standard InChI is InChI=1S/C21H19BrF3NO4/c1-11(2)5-12-9-26-18-4-3-13(6-15(12)18)30-20-16(21(23,24)25)7-14(8-17(20)22)29-10-19(27)28/h3-4,6-9,11,26H,5,10H2,1-2H3,(H,27,28). The normalized spacial score (nSPS) is 11.8. The van der Waals surface area contributed by atoms with Crippen molar-refractivity contribution in [3.63, 3.8) is 0 Å². The molecule has 5 nitrogen and oxygen atoms in total. The van der Waals surface area contributed by atoms with Gasteiger partial charge in [-0.3, -0.25) is 0 Å². The van der Waals surface area contributed by atoms with Gasteiger partial charge in [-0.05, 0) is 64.2 Å². The number of aromatic nitrogens is 1. The molecule has 160 valence electrons. The maximum absolute atomic E-state index is 13.6. The van der Waals surface area contributed by atoms with Gasteiger partial charge in [-0.25, -0.2) is 4.79 Å². The second kappa shape index (κ2) is 8.59. The van der Waals surface area contributed by atoms with Crippen LogP contribution in [0, 0.1) is 5.92 Å². The molecule has 0 spiro atoms. The highest BCUT2D eigenvalue weighted by Gasteiger charge is 2.36. The maximum atomic E-state index is 13.6. The lowest BCUT2D eigenvalue weighted by Gasteiger charge is -2.17. The fourth-order valence-electron chi connectivity index (χ4n) is 3.06. The molecule has 1 aromatic heterocycles. The number of carboxylic acid groups (broad SMARTS) is 1. The summed E-state index contributed by atoms with van der Waals surface area (Å²) < 4.78 is 51.5. The molecule has 0 unspecified atom stereocenters. The van der Waals surface area contributed by atoms with Gasteiger partial charge in [0.05, 0.1) is 4.47 Å². The van der Waals surface area contributed by atoms with Crippen LogP contribution in [0.1, 0.15) is 25.0 Å². The topological polar surface area (TPSA) is 71.5 Å². The second-order valence-corrected chi connectivity index (χ2v) is 8.04. The lowest BCUT2D eigenvalue weighted by atomic mass is 10.0. The predicted molar refractivity (Wildman–Crippen MR) is 109 cm³/mol. The third-order valence-electron chi connectivity index (χ3n) is 4.27. The molecule has 2 aromatic carbocycles. The molecule has 0 radical (unpaired) electrons. The molecule has 3 rings (SSSR count). The number of carboxylic acids is 1. The van der Waals surface area contributed by atoms with E-state index in [9.17, 15) is 18.0 Å². The van der Waals surface area contributed by atoms with Crippen molar-refractivity contribution in [1.29, 1.82) is 0 Å². The molecule has 0 saturated heterocycles. The number of aromatic amines is 1. The van der Waals surface area contributed by atoms with E-state index in [0.29, 0.717) is 5.92 Å². The Morgan fingerprint density at radius 1 is 1.20 bits per heavy atom. The molecule has 0 saturated carbocycles. The summed E-state index contributed by atoms with van der Waals surface area (Å²) in [5.74, 6) is -1.29. The Kier molecular flexibility index (Phi) is 6.30. The number of alkyl halides is 3. The predicted octanol–water partition coefficient (Wildman–Crippen LogP) is 6.40. The van der Waals surface area contributed by atoms with E-state index in [1.165, 1.54) is 6.07 Å². The highest BCUT2D eigenvalue weighted by Crippen LogP contribution is 2.45. The van der Waals surface area contributed by atoms with Gasteiger partial charge in [0.1, 0.15) is 17.1 Å². The minimum absolute atomic E-state index is 0.00529. The van der Waals surface area contributed by atoms with Crippen LogP contribution in [0.4, 0.5) is 13.2 Å². The summed E-state index contributed by atoms with van der Waals surface area (Å²) >= 11 is 3.09. The molecule has 0 bridgehead atoms. The Hall–Kier alpha value is -2.68. The lowest BCUT2D eigenvalue weighted by molar-refractivity contribution is -0.139. The molecule has 0 aliphatic carbocycles. The molecule has 0 atom stereocenters. The van der Waals surface area contributed by atoms with Gasteiger partial charge in [-0.1, -0.05) is 13.8 Å². The second-order valence-electron chi connectivity index (χ2n) is 7.18. The smallest absolute Gasteiger partial charge is 0.420 e. The number of halogens is 4. The van der Waals surface area contributed by atoms with Crippen molar-refractivity contribution >= 4 is 32.8 Å². The summed E-state index contributed by atoms with van der Waals surface area (Å²) in [4.78, 5) is 13.8. The first-order valence-corrected chi connectivity index (χ1v) is 9.87. The van der Waals surface area contributed by atoms with Gasteiger partial charge in [0.25, 0.3) is 0 Å². The first-order valence-electron chi connectivity index (χ1n) is 9.07. The largest absolute Gasteiger partial charge is 0.482 e. The zero-order valence-corrected chi connectivity index (χ0v) is 17.7. The van der Waals surface area contributed by atoms with Gasteiger partial charge in [-0.2, -0.15) is 13.2 Å². The summed E-state index contributed by atoms with van der Waals surface area (Å²) in [6, 6.07) is 7.00. The van der Waals surface area contributed by atoms with Gasteiger partial charge in [0.2, 0.25) is 0 Å². The molecule has 0 amide bonds. The van der Waals surface area contributed by atoms with Crippen molar-refractivity contribution in [1.82, 2.24) is 4.98 Å². The quantitative estimate of drug-likeness (QED) is 0.405. The molecule has 0 aliphatic rings. The number of benzene rings is 2. The maximum Gasteiger partial charge on any atom is 0.420 e. The van der Waals surface area contributed by atoms with E-state index in [1.54, 1.807) is 18.2 Å². The number of carbonyl (C=O) groups is 1. The fraction of sp³-hybridized carbons (Fsp3) is 0.286. The van der Waals surface area contributed by atoms with E-state index in [2.05, 4.69) is 34.8 Å². The number of fused-ring (bicyclic) bond motifs is 1. The zero-order chi connectivity index (χ0) is 22.1. The average Bonchev–Trinajstić information content (AvgIpc) is 3.02. The van der Waals surface area contributed by atoms with Crippen LogP contribution >= 0.6 is 15.9 Å². The average molecular weight is 486 g/mol. The summed E-state index contributed by atoms with van der Waals surface area (Å²) in [6.45, 7) is 3.41. The third-order valence-corrected chi connectivity index (χ3v) is 4.86. The van der Waals surface area contributed by atoms with Crippen LogP contribution in [0.2, 0.25) is 0 Å². The van der Waals surface area contributed by atoms with E-state index in [1.807, 2.05) is 6.20 Å². The van der Waals surface area contributed by atoms with Crippen LogP contribution in [0.5, 0.6) is 17.2 Å². The van der Waals surface area contributed by atoms with Gasteiger partial charge < -0.3 is 19.6 Å². The van der Waals surface area contributed by atoms with Crippen molar-refractivity contribution in [2.45, 2.75) is 26.4 Å². The van der Waals surface area contributed by atoms with Crippen LogP contribution in [-0.2, 0) is 17.4 Å². The van der Waals surface area contributed by atoms with Gasteiger partial charge in [0.15, 0.2) is 12.4 Å². The van der Waals surface area contributed by atoms with Crippen molar-refractivity contribution < 1.29 is 32.5 Å². The van der Waals surface area contributed by atoms with Gasteiger partial charge in [-0.15, -0.1) is 0 Å². The van der Waals surface area contributed by atoms with E-state index in [0.717, 1.165) is 29.0 Å². The molecular formula is C21H19BrF3NO4. The lowest BCUT2D eigenvalue weighted by Crippen LogP contribution is -2.12. The highest BCUT2D eigenvalue weighted by molar-refractivity contribution is 9.10. The number of aliphatic carboxylic acids is 1. The molecule has 2 N–H and O–H groups in total. The third kappa shape index (κ3) is 5.08. The Balaban J connectivity index is 2.00. The number of nitrogens with one attached hydrogen (secondary N) is 1. The zero-order valence-electron chi connectivity index (χ0n) is 16.1. The summed E-state index contributed by atoms with van der Waals surface area (Å²) in [5.41, 5.74) is 0.845. The minimum Gasteiger partial charge on any atom is -0.482 e. The van der Waals surface area contributed by atoms with Crippen LogP contribution in [0.25, 0.3) is 10.9 Å². The number of rotatable bonds is 7. The molecule has 0 aliphatic heterocycles. The molecule has 0 fully saturated rings. The van der Waals surface area contributed by atoms with E-state index in [4.69, 9.17) is 14.6 Å². The molecule has 9 heteroatoms. The Bertz CT molecular complexity index is 1080. The Morgan fingerprint density at radius 3 is 2.57 bits per heavy atom. The number of hydrogen-bond donors (Lipinski definition) is 2. The number of ether oxygens (including phenoxy) is 2. The molecular weight excluding hydrogens is 467 g/mol. The van der Waals surface area contributed by atoms with Crippen molar-refractivity contribution in [2.75, 3.05) is 6.61 Å². The van der Waals surface area contributed by atoms with Crippen LogP contribution < -0.4 is 9.47 Å². The summed E-state index contributed by atoms with van der Waals surface area (Å²) in [6.07, 6.45) is -2.03. The first kappa shape index (κ1) is 22.0. The Labute approximate surface area is 178 Å². The summed E-state index contributed by atoms with van der Waals surface area (Å²) in [5, 5.41) is 9.56. The van der Waals surface area contributed by atoms with Crippen molar-refractivity contribution in [2.24, 2.45) is 5.92 Å². The van der Waals surface area contributed by atoms with E-state index >= 15 is 0 Å². The first-order chi connectivity index (χ1) is 14.0. The van der Waals surface area contributed by atoms with Crippen LogP contribution in [0.15, 0.2) is 41.0 Å². The van der Waals surface area contributed by atoms with Crippen molar-refractivity contribution in [3.05, 3.63) is 52.1 Å². The Morgan fingerprint density at radius 2 is 1.93 bits per heavy atom. The summed E-state index contributed by atoms with van der Waals surface area (Å²) in [7, 11) is 0. The van der Waals surface area contributed by atoms with Crippen LogP contribution in [0.3, 0.4) is 0 Å². The van der Waals surface area contributed by atoms with E-state index in [-0.39, 0.29) is 16.0 Å². The van der Waals surface area contributed by atoms with Crippen molar-refractivity contribution in [3.8, 4) is 17.2 Å². The number of H-pyrrole nitrogens is 1. The molecule has 1 heterocycles. The molecule has 3 aromatic rings. The monoisotopic (exact) mass is 485 g/mol. The van der Waals surface area contributed by atoms with E-state index < -0.39 is 30.1 Å².